The van der Waals surface area contributed by atoms with Gasteiger partial charge in [-0.3, -0.25) is 0 Å². The Morgan fingerprint density at radius 1 is 1.50 bits per heavy atom. The second-order valence-corrected chi connectivity index (χ2v) is 3.39. The number of hydrogen-bond donors (Lipinski definition) is 2. The summed E-state index contributed by atoms with van der Waals surface area (Å²) in [5, 5.41) is 9.32. The first-order chi connectivity index (χ1) is 4.61. The lowest BCUT2D eigenvalue weighted by molar-refractivity contribution is 0.475. The fourth-order valence-corrected chi connectivity index (χ4v) is 1.17. The highest BCUT2D eigenvalue weighted by atomic mass is 127. The zero-order valence-electron chi connectivity index (χ0n) is 4.94. The van der Waals surface area contributed by atoms with Crippen LogP contribution >= 0.6 is 34.2 Å². The zero-order valence-corrected chi connectivity index (χ0v) is 7.85. The third kappa shape index (κ3) is 1.46. The van der Waals surface area contributed by atoms with Crippen molar-refractivity contribution in [3.63, 3.8) is 0 Å². The molecule has 10 heavy (non-hydrogen) atoms. The largest absolute Gasteiger partial charge is 0.506 e. The molecule has 3 N–H and O–H groups in total. The van der Waals surface area contributed by atoms with E-state index in [2.05, 4.69) is 0 Å². The summed E-state index contributed by atoms with van der Waals surface area (Å²) in [5.41, 5.74) is 6.07. The highest BCUT2D eigenvalue weighted by Gasteiger charge is 2.01. The lowest BCUT2D eigenvalue weighted by atomic mass is 10.3. The van der Waals surface area contributed by atoms with Crippen LogP contribution in [0.3, 0.4) is 0 Å². The Labute approximate surface area is 77.1 Å². The summed E-state index contributed by atoms with van der Waals surface area (Å²) >= 11 is 7.58. The number of nitrogen functional groups attached to an aromatic ring is 1. The number of anilines is 1. The summed E-state index contributed by atoms with van der Waals surface area (Å²) in [5.74, 6) is 0.0697. The first-order valence-electron chi connectivity index (χ1n) is 2.54. The minimum atomic E-state index is 0.0697. The van der Waals surface area contributed by atoms with Gasteiger partial charge in [0.2, 0.25) is 0 Å². The van der Waals surface area contributed by atoms with Gasteiger partial charge in [0.25, 0.3) is 0 Å². The molecule has 0 fully saturated rings. The van der Waals surface area contributed by atoms with Crippen LogP contribution in [0.4, 0.5) is 5.69 Å². The number of phenols is 1. The summed E-state index contributed by atoms with van der Waals surface area (Å²) in [6, 6.07) is 3.05. The molecule has 0 atom stereocenters. The first-order valence-corrected chi connectivity index (χ1v) is 4.00. The number of phenolic OH excluding ortho intramolecular Hbond substituents is 1. The highest BCUT2D eigenvalue weighted by molar-refractivity contribution is 14.1. The molecule has 0 saturated carbocycles. The molecule has 2 nitrogen and oxygen atoms in total. The Balaban J connectivity index is 3.28. The molecule has 0 unspecified atom stereocenters. The van der Waals surface area contributed by atoms with Crippen molar-refractivity contribution in [3.05, 3.63) is 20.7 Å². The second-order valence-electron chi connectivity index (χ2n) is 1.83. The standard InChI is InChI=1S/C6H5ClINO/c7-3-1-5(9)4(8)2-6(3)10/h1-2,10H,9H2. The maximum absolute atomic E-state index is 9.03. The SMILES string of the molecule is Nc1cc(Cl)c(O)cc1I. The van der Waals surface area contributed by atoms with Gasteiger partial charge in [0.15, 0.2) is 0 Å². The predicted molar refractivity (Wildman–Crippen MR) is 50.2 cm³/mol. The van der Waals surface area contributed by atoms with Crippen molar-refractivity contribution < 1.29 is 5.11 Å². The van der Waals surface area contributed by atoms with Crippen molar-refractivity contribution in [2.75, 3.05) is 5.73 Å². The molecular weight excluding hydrogens is 264 g/mol. The van der Waals surface area contributed by atoms with Gasteiger partial charge in [-0.15, -0.1) is 0 Å². The number of halogens is 2. The zero-order chi connectivity index (χ0) is 7.72. The minimum absolute atomic E-state index is 0.0697. The third-order valence-electron chi connectivity index (χ3n) is 1.07. The Morgan fingerprint density at radius 3 is 2.60 bits per heavy atom. The average molecular weight is 269 g/mol. The molecule has 54 valence electrons. The molecule has 0 bridgehead atoms. The number of hydrogen-bond acceptors (Lipinski definition) is 2. The quantitative estimate of drug-likeness (QED) is 0.431. The van der Waals surface area contributed by atoms with E-state index in [9.17, 15) is 0 Å². The van der Waals surface area contributed by atoms with E-state index in [1.807, 2.05) is 22.6 Å². The Hall–Kier alpha value is -0.160. The predicted octanol–water partition coefficient (Wildman–Crippen LogP) is 2.23. The van der Waals surface area contributed by atoms with Crippen LogP contribution in [0.1, 0.15) is 0 Å². The minimum Gasteiger partial charge on any atom is -0.506 e. The molecule has 0 aromatic heterocycles. The smallest absolute Gasteiger partial charge is 0.135 e. The van der Waals surface area contributed by atoms with Crippen LogP contribution in [0.2, 0.25) is 5.02 Å². The Morgan fingerprint density at radius 2 is 2.10 bits per heavy atom. The van der Waals surface area contributed by atoms with Gasteiger partial charge in [-0.2, -0.15) is 0 Å². The molecule has 0 amide bonds. The molecule has 1 aromatic carbocycles. The topological polar surface area (TPSA) is 46.2 Å². The summed E-state index contributed by atoms with van der Waals surface area (Å²) in [6.45, 7) is 0. The van der Waals surface area contributed by atoms with Crippen LogP contribution < -0.4 is 5.73 Å². The van der Waals surface area contributed by atoms with Gasteiger partial charge in [-0.05, 0) is 34.7 Å². The van der Waals surface area contributed by atoms with E-state index in [1.165, 1.54) is 12.1 Å². The molecule has 1 aromatic rings. The second kappa shape index (κ2) is 2.84. The van der Waals surface area contributed by atoms with Gasteiger partial charge in [0.05, 0.1) is 5.02 Å². The monoisotopic (exact) mass is 269 g/mol. The van der Waals surface area contributed by atoms with Crippen molar-refractivity contribution in [2.45, 2.75) is 0 Å². The fourth-order valence-electron chi connectivity index (χ4n) is 0.552. The van der Waals surface area contributed by atoms with Gasteiger partial charge >= 0.3 is 0 Å². The number of nitrogens with two attached hydrogens (primary N) is 1. The van der Waals surface area contributed by atoms with Crippen LogP contribution in [0.5, 0.6) is 5.75 Å². The normalized spacial score (nSPS) is 9.80. The van der Waals surface area contributed by atoms with Crippen LogP contribution in [-0.4, -0.2) is 5.11 Å². The first kappa shape index (κ1) is 7.94. The molecule has 0 aliphatic heterocycles. The molecule has 0 aliphatic carbocycles. The third-order valence-corrected chi connectivity index (χ3v) is 2.30. The average Bonchev–Trinajstić information content (AvgIpc) is 1.84. The summed E-state index contributed by atoms with van der Waals surface area (Å²) < 4.78 is 0.805. The van der Waals surface area contributed by atoms with Gasteiger partial charge in [0.1, 0.15) is 5.75 Å². The summed E-state index contributed by atoms with van der Waals surface area (Å²) in [6.07, 6.45) is 0. The lowest BCUT2D eigenvalue weighted by Gasteiger charge is -1.99. The van der Waals surface area contributed by atoms with E-state index in [1.54, 1.807) is 0 Å². The van der Waals surface area contributed by atoms with Gasteiger partial charge in [-0.25, -0.2) is 0 Å². The van der Waals surface area contributed by atoms with Gasteiger partial charge < -0.3 is 10.8 Å². The van der Waals surface area contributed by atoms with E-state index in [0.29, 0.717) is 5.69 Å². The van der Waals surface area contributed by atoms with Crippen LogP contribution in [0.25, 0.3) is 0 Å². The molecule has 1 rings (SSSR count). The van der Waals surface area contributed by atoms with Crippen molar-refractivity contribution in [1.82, 2.24) is 0 Å². The van der Waals surface area contributed by atoms with E-state index in [-0.39, 0.29) is 10.8 Å². The number of aromatic hydroxyl groups is 1. The lowest BCUT2D eigenvalue weighted by Crippen LogP contribution is -1.87. The van der Waals surface area contributed by atoms with Crippen LogP contribution in [0.15, 0.2) is 12.1 Å². The maximum atomic E-state index is 9.03. The van der Waals surface area contributed by atoms with E-state index in [4.69, 9.17) is 22.4 Å². The Bertz CT molecular complexity index is 214. The summed E-state index contributed by atoms with van der Waals surface area (Å²) in [7, 11) is 0. The fraction of sp³-hybridized carbons (Fsp3) is 0. The van der Waals surface area contributed by atoms with Crippen molar-refractivity contribution in [1.29, 1.82) is 0 Å². The molecule has 0 aliphatic rings. The summed E-state index contributed by atoms with van der Waals surface area (Å²) in [4.78, 5) is 0. The van der Waals surface area contributed by atoms with Crippen LogP contribution in [-0.2, 0) is 0 Å². The molecule has 0 heterocycles. The molecule has 0 saturated heterocycles. The van der Waals surface area contributed by atoms with Crippen molar-refractivity contribution >= 4 is 39.9 Å². The molecule has 0 radical (unpaired) electrons. The van der Waals surface area contributed by atoms with E-state index in [0.717, 1.165) is 3.57 Å². The van der Waals surface area contributed by atoms with Gasteiger partial charge in [-0.1, -0.05) is 11.6 Å². The Kier molecular flexibility index (Phi) is 2.25. The number of rotatable bonds is 0. The van der Waals surface area contributed by atoms with Crippen LogP contribution in [0, 0.1) is 3.57 Å². The molecular formula is C6H5ClINO. The highest BCUT2D eigenvalue weighted by Crippen LogP contribution is 2.28. The van der Waals surface area contributed by atoms with E-state index < -0.39 is 0 Å². The number of benzene rings is 1. The van der Waals surface area contributed by atoms with Gasteiger partial charge in [0, 0.05) is 9.26 Å². The molecule has 4 heteroatoms. The van der Waals surface area contributed by atoms with Crippen molar-refractivity contribution in [3.8, 4) is 5.75 Å². The van der Waals surface area contributed by atoms with E-state index >= 15 is 0 Å². The van der Waals surface area contributed by atoms with Crippen molar-refractivity contribution in [2.24, 2.45) is 0 Å². The molecule has 0 spiro atoms. The maximum Gasteiger partial charge on any atom is 0.135 e.